The number of para-hydroxylation sites is 1. The molecule has 30 heavy (non-hydrogen) atoms. The minimum Gasteiger partial charge on any atom is -0.397 e. The Labute approximate surface area is 173 Å². The van der Waals surface area contributed by atoms with Crippen LogP contribution in [-0.4, -0.2) is 66.5 Å². The molecular formula is C19H24F3N5O2S. The number of hydrogen-bond acceptors (Lipinski definition) is 6. The van der Waals surface area contributed by atoms with Crippen molar-refractivity contribution in [3.05, 3.63) is 36.7 Å². The van der Waals surface area contributed by atoms with Gasteiger partial charge in [-0.25, -0.2) is 18.4 Å². The molecule has 7 nitrogen and oxygen atoms in total. The largest absolute Gasteiger partial charge is 0.397 e. The molecule has 2 N–H and O–H groups in total. The van der Waals surface area contributed by atoms with Crippen LogP contribution in [0.2, 0.25) is 0 Å². The zero-order valence-electron chi connectivity index (χ0n) is 16.5. The van der Waals surface area contributed by atoms with E-state index in [1.165, 1.54) is 17.4 Å². The predicted molar refractivity (Wildman–Crippen MR) is 107 cm³/mol. The monoisotopic (exact) mass is 443 g/mol. The molecule has 1 fully saturated rings. The first-order valence-electron chi connectivity index (χ1n) is 9.52. The van der Waals surface area contributed by atoms with Crippen molar-refractivity contribution in [3.8, 4) is 11.4 Å². The van der Waals surface area contributed by atoms with E-state index in [9.17, 15) is 21.6 Å². The average Bonchev–Trinajstić information content (AvgIpc) is 2.72. The zero-order chi connectivity index (χ0) is 21.9. The zero-order valence-corrected chi connectivity index (χ0v) is 17.3. The molecule has 3 rings (SSSR count). The summed E-state index contributed by atoms with van der Waals surface area (Å²) < 4.78 is 65.0. The van der Waals surface area contributed by atoms with Gasteiger partial charge in [-0.1, -0.05) is 6.07 Å². The van der Waals surface area contributed by atoms with E-state index in [0.29, 0.717) is 37.3 Å². The molecular weight excluding hydrogens is 419 g/mol. The Morgan fingerprint density at radius 2 is 1.80 bits per heavy atom. The highest BCUT2D eigenvalue weighted by Crippen LogP contribution is 2.32. The number of nitrogens with two attached hydrogens (primary N) is 1. The van der Waals surface area contributed by atoms with Gasteiger partial charge in [0.1, 0.15) is 4.90 Å². The summed E-state index contributed by atoms with van der Waals surface area (Å²) in [5.41, 5.74) is 6.66. The minimum absolute atomic E-state index is 0.0329. The molecule has 1 aliphatic heterocycles. The van der Waals surface area contributed by atoms with E-state index < -0.39 is 22.6 Å². The molecule has 2 aromatic rings. The predicted octanol–water partition coefficient (Wildman–Crippen LogP) is 2.76. The summed E-state index contributed by atoms with van der Waals surface area (Å²) in [7, 11) is -2.42. The van der Waals surface area contributed by atoms with Crippen LogP contribution >= 0.6 is 0 Å². The van der Waals surface area contributed by atoms with Gasteiger partial charge < -0.3 is 10.6 Å². The number of hydrogen-bond donors (Lipinski definition) is 1. The molecule has 1 aromatic carbocycles. The third kappa shape index (κ3) is 5.08. The summed E-state index contributed by atoms with van der Waals surface area (Å²) in [5, 5.41) is 0. The van der Waals surface area contributed by atoms with Crippen molar-refractivity contribution in [2.75, 3.05) is 32.4 Å². The number of rotatable bonds is 6. The lowest BCUT2D eigenvalue weighted by molar-refractivity contribution is -0.138. The van der Waals surface area contributed by atoms with Gasteiger partial charge in [0, 0.05) is 37.6 Å². The maximum absolute atomic E-state index is 13.2. The highest BCUT2D eigenvalue weighted by atomic mass is 32.2. The highest BCUT2D eigenvalue weighted by Gasteiger charge is 2.34. The lowest BCUT2D eigenvalue weighted by atomic mass is 10.1. The van der Waals surface area contributed by atoms with Gasteiger partial charge in [-0.2, -0.15) is 17.5 Å². The Kier molecular flexibility index (Phi) is 6.63. The van der Waals surface area contributed by atoms with Gasteiger partial charge in [0.15, 0.2) is 5.82 Å². The number of benzene rings is 1. The third-order valence-electron chi connectivity index (χ3n) is 5.31. The van der Waals surface area contributed by atoms with Gasteiger partial charge >= 0.3 is 6.18 Å². The summed E-state index contributed by atoms with van der Waals surface area (Å²) in [5.74, 6) is 0.327. The SMILES string of the molecule is CN(C1CCN(CCC(F)(F)F)CC1)S(=O)(=O)c1cccc(-c2ncccn2)c1N. The number of nitrogens with zero attached hydrogens (tertiary/aromatic N) is 4. The second kappa shape index (κ2) is 8.86. The quantitative estimate of drug-likeness (QED) is 0.691. The first kappa shape index (κ1) is 22.4. The molecule has 0 aliphatic carbocycles. The van der Waals surface area contributed by atoms with Crippen LogP contribution in [0.15, 0.2) is 41.6 Å². The highest BCUT2D eigenvalue weighted by molar-refractivity contribution is 7.89. The van der Waals surface area contributed by atoms with Gasteiger partial charge in [0.05, 0.1) is 12.1 Å². The van der Waals surface area contributed by atoms with Gasteiger partial charge in [0.2, 0.25) is 10.0 Å². The van der Waals surface area contributed by atoms with Crippen molar-refractivity contribution in [1.82, 2.24) is 19.2 Å². The van der Waals surface area contributed by atoms with E-state index in [0.717, 1.165) is 0 Å². The fourth-order valence-electron chi connectivity index (χ4n) is 3.54. The fourth-order valence-corrected chi connectivity index (χ4v) is 5.10. The summed E-state index contributed by atoms with van der Waals surface area (Å²) in [6.07, 6.45) is -1.06. The second-order valence-electron chi connectivity index (χ2n) is 7.25. The number of nitrogen functional groups attached to an aromatic ring is 1. The van der Waals surface area contributed by atoms with Crippen molar-refractivity contribution < 1.29 is 21.6 Å². The first-order chi connectivity index (χ1) is 14.1. The van der Waals surface area contributed by atoms with Crippen molar-refractivity contribution >= 4 is 15.7 Å². The van der Waals surface area contributed by atoms with Crippen molar-refractivity contribution in [3.63, 3.8) is 0 Å². The average molecular weight is 443 g/mol. The summed E-state index contributed by atoms with van der Waals surface area (Å²) in [4.78, 5) is 9.93. The van der Waals surface area contributed by atoms with Gasteiger partial charge in [-0.15, -0.1) is 0 Å². The molecule has 1 saturated heterocycles. The Morgan fingerprint density at radius 3 is 2.40 bits per heavy atom. The van der Waals surface area contributed by atoms with Crippen LogP contribution < -0.4 is 5.73 Å². The standard InChI is InChI=1S/C19H24F3N5O2S/c1-26(14-6-11-27(12-7-14)13-8-19(20,21)22)30(28,29)16-5-2-4-15(17(16)23)18-24-9-3-10-25-18/h2-5,9-10,14H,6-8,11-13,23H2,1H3. The maximum Gasteiger partial charge on any atom is 0.390 e. The summed E-state index contributed by atoms with van der Waals surface area (Å²) in [6, 6.07) is 6.01. The van der Waals surface area contributed by atoms with Gasteiger partial charge in [-0.05, 0) is 44.1 Å². The summed E-state index contributed by atoms with van der Waals surface area (Å²) >= 11 is 0. The number of halogens is 3. The normalized spacial score (nSPS) is 16.8. The molecule has 1 aromatic heterocycles. The molecule has 164 valence electrons. The van der Waals surface area contributed by atoms with Crippen molar-refractivity contribution in [2.45, 2.75) is 36.4 Å². The molecule has 0 saturated carbocycles. The number of anilines is 1. The Morgan fingerprint density at radius 1 is 1.17 bits per heavy atom. The van der Waals surface area contributed by atoms with Gasteiger partial charge in [0.25, 0.3) is 0 Å². The first-order valence-corrected chi connectivity index (χ1v) is 11.0. The van der Waals surface area contributed by atoms with Crippen LogP contribution in [0.3, 0.4) is 0 Å². The molecule has 1 aliphatic rings. The van der Waals surface area contributed by atoms with Gasteiger partial charge in [-0.3, -0.25) is 0 Å². The molecule has 2 heterocycles. The smallest absolute Gasteiger partial charge is 0.390 e. The molecule has 0 amide bonds. The molecule has 0 bridgehead atoms. The minimum atomic E-state index is -4.19. The van der Waals surface area contributed by atoms with E-state index in [2.05, 4.69) is 9.97 Å². The summed E-state index contributed by atoms with van der Waals surface area (Å²) in [6.45, 7) is 0.751. The van der Waals surface area contributed by atoms with Crippen LogP contribution in [0.25, 0.3) is 11.4 Å². The topological polar surface area (TPSA) is 92.4 Å². The van der Waals surface area contributed by atoms with Crippen LogP contribution in [0, 0.1) is 0 Å². The third-order valence-corrected chi connectivity index (χ3v) is 7.28. The van der Waals surface area contributed by atoms with Crippen LogP contribution in [-0.2, 0) is 10.0 Å². The van der Waals surface area contributed by atoms with E-state index in [1.54, 1.807) is 35.5 Å². The maximum atomic E-state index is 13.2. The van der Waals surface area contributed by atoms with Crippen LogP contribution in [0.1, 0.15) is 19.3 Å². The van der Waals surface area contributed by atoms with E-state index >= 15 is 0 Å². The molecule has 0 atom stereocenters. The van der Waals surface area contributed by atoms with E-state index in [-0.39, 0.29) is 23.2 Å². The Bertz CT molecular complexity index is 962. The number of alkyl halides is 3. The fraction of sp³-hybridized carbons (Fsp3) is 0.474. The number of aromatic nitrogens is 2. The van der Waals surface area contributed by atoms with Crippen molar-refractivity contribution in [2.24, 2.45) is 0 Å². The van der Waals surface area contributed by atoms with Crippen LogP contribution in [0.4, 0.5) is 18.9 Å². The number of sulfonamides is 1. The number of piperidine rings is 1. The van der Waals surface area contributed by atoms with E-state index in [1.807, 2.05) is 0 Å². The number of likely N-dealkylation sites (tertiary alicyclic amines) is 1. The van der Waals surface area contributed by atoms with Crippen LogP contribution in [0.5, 0.6) is 0 Å². The van der Waals surface area contributed by atoms with E-state index in [4.69, 9.17) is 5.73 Å². The Balaban J connectivity index is 1.74. The molecule has 11 heteroatoms. The lowest BCUT2D eigenvalue weighted by Gasteiger charge is -2.36. The lowest BCUT2D eigenvalue weighted by Crippen LogP contribution is -2.46. The van der Waals surface area contributed by atoms with Crippen molar-refractivity contribution in [1.29, 1.82) is 0 Å². The Hall–Kier alpha value is -2.24. The molecule has 0 spiro atoms. The molecule has 0 unspecified atom stereocenters. The molecule has 0 radical (unpaired) electrons. The second-order valence-corrected chi connectivity index (χ2v) is 9.21.